The van der Waals surface area contributed by atoms with E-state index in [-0.39, 0.29) is 29.4 Å². The van der Waals surface area contributed by atoms with Gasteiger partial charge in [-0.25, -0.2) is 4.98 Å². The van der Waals surface area contributed by atoms with Gasteiger partial charge in [0.25, 0.3) is 5.91 Å². The lowest BCUT2D eigenvalue weighted by Crippen LogP contribution is -2.13. The molecular formula is C15H13N3O3. The van der Waals surface area contributed by atoms with Crippen molar-refractivity contribution in [1.29, 1.82) is 0 Å². The Morgan fingerprint density at radius 1 is 1.29 bits per heavy atom. The number of benzene rings is 1. The second kappa shape index (κ2) is 6.41. The lowest BCUT2D eigenvalue weighted by molar-refractivity contribution is 0.102. The van der Waals surface area contributed by atoms with Crippen LogP contribution in [0.25, 0.3) is 0 Å². The Kier molecular flexibility index (Phi) is 4.39. The number of phenolic OH excluding ortho intramolecular Hbond substituents is 2. The largest absolute Gasteiger partial charge is 0.508 e. The van der Waals surface area contributed by atoms with Crippen LogP contribution in [0, 0.1) is 11.8 Å². The number of aromatic hydroxyl groups is 2. The van der Waals surface area contributed by atoms with Gasteiger partial charge < -0.3 is 21.3 Å². The maximum Gasteiger partial charge on any atom is 0.260 e. The quantitative estimate of drug-likeness (QED) is 0.487. The topological polar surface area (TPSA) is 108 Å². The molecule has 1 amide bonds. The average molecular weight is 283 g/mol. The van der Waals surface area contributed by atoms with Crippen molar-refractivity contribution in [3.63, 3.8) is 0 Å². The first kappa shape index (κ1) is 14.4. The fourth-order valence-corrected chi connectivity index (χ4v) is 1.62. The van der Waals surface area contributed by atoms with Crippen LogP contribution >= 0.6 is 0 Å². The van der Waals surface area contributed by atoms with E-state index in [1.54, 1.807) is 12.1 Å². The average Bonchev–Trinajstić information content (AvgIpc) is 2.48. The molecule has 2 aromatic rings. The first-order valence-electron chi connectivity index (χ1n) is 6.08. The van der Waals surface area contributed by atoms with Crippen molar-refractivity contribution in [1.82, 2.24) is 4.98 Å². The number of carbonyl (C=O) groups is 1. The van der Waals surface area contributed by atoms with E-state index in [0.29, 0.717) is 5.56 Å². The summed E-state index contributed by atoms with van der Waals surface area (Å²) in [5, 5.41) is 21.5. The van der Waals surface area contributed by atoms with Crippen molar-refractivity contribution in [2.45, 2.75) is 0 Å². The van der Waals surface area contributed by atoms with Gasteiger partial charge in [0.1, 0.15) is 17.3 Å². The summed E-state index contributed by atoms with van der Waals surface area (Å²) < 4.78 is 0. The Hall–Kier alpha value is -3.04. The molecule has 2 rings (SSSR count). The van der Waals surface area contributed by atoms with Gasteiger partial charge in [-0.15, -0.1) is 0 Å². The Labute approximate surface area is 121 Å². The van der Waals surface area contributed by atoms with Crippen LogP contribution in [0.2, 0.25) is 0 Å². The number of nitrogens with zero attached hydrogens (tertiary/aromatic N) is 1. The molecule has 0 atom stereocenters. The van der Waals surface area contributed by atoms with Crippen molar-refractivity contribution in [3.8, 4) is 23.3 Å². The molecule has 0 aliphatic rings. The van der Waals surface area contributed by atoms with E-state index in [1.165, 1.54) is 24.4 Å². The highest BCUT2D eigenvalue weighted by Crippen LogP contribution is 2.22. The minimum absolute atomic E-state index is 0.0461. The molecule has 0 fully saturated rings. The lowest BCUT2D eigenvalue weighted by Gasteiger charge is -2.06. The van der Waals surface area contributed by atoms with Gasteiger partial charge in [0.2, 0.25) is 0 Å². The van der Waals surface area contributed by atoms with Gasteiger partial charge in [-0.2, -0.15) is 0 Å². The van der Waals surface area contributed by atoms with Crippen LogP contribution in [0.4, 0.5) is 5.82 Å². The highest BCUT2D eigenvalue weighted by molar-refractivity contribution is 6.05. The third kappa shape index (κ3) is 3.72. The summed E-state index contributed by atoms with van der Waals surface area (Å²) >= 11 is 0. The van der Waals surface area contributed by atoms with Gasteiger partial charge in [0.15, 0.2) is 0 Å². The zero-order chi connectivity index (χ0) is 15.2. The molecule has 0 aliphatic carbocycles. The highest BCUT2D eigenvalue weighted by atomic mass is 16.3. The zero-order valence-corrected chi connectivity index (χ0v) is 11.0. The van der Waals surface area contributed by atoms with Gasteiger partial charge in [-0.05, 0) is 30.3 Å². The van der Waals surface area contributed by atoms with Gasteiger partial charge >= 0.3 is 0 Å². The van der Waals surface area contributed by atoms with Crippen molar-refractivity contribution < 1.29 is 15.0 Å². The molecule has 0 radical (unpaired) electrons. The molecule has 0 spiro atoms. The Balaban J connectivity index is 2.21. The van der Waals surface area contributed by atoms with Crippen LogP contribution in [0.3, 0.4) is 0 Å². The molecule has 0 bridgehead atoms. The number of nitrogens with one attached hydrogen (secondary N) is 1. The molecular weight excluding hydrogens is 270 g/mol. The normalized spacial score (nSPS) is 9.57. The predicted octanol–water partition coefficient (Wildman–Crippen LogP) is 1.06. The standard InChI is InChI=1S/C15H13N3O3/c16-6-1-2-10-5-7-17-14(8-10)18-15(21)12-9-11(19)3-4-13(12)20/h3-5,7-9,19-20H,6,16H2,(H,17,18,21). The third-order valence-electron chi connectivity index (χ3n) is 2.56. The first-order valence-corrected chi connectivity index (χ1v) is 6.08. The van der Waals surface area contributed by atoms with Crippen LogP contribution in [0.15, 0.2) is 36.5 Å². The molecule has 21 heavy (non-hydrogen) atoms. The number of rotatable bonds is 2. The number of hydrogen-bond donors (Lipinski definition) is 4. The summed E-state index contributed by atoms with van der Waals surface area (Å²) in [6.45, 7) is 0.237. The Morgan fingerprint density at radius 2 is 2.10 bits per heavy atom. The summed E-state index contributed by atoms with van der Waals surface area (Å²) in [6, 6.07) is 6.96. The number of hydrogen-bond acceptors (Lipinski definition) is 5. The summed E-state index contributed by atoms with van der Waals surface area (Å²) in [7, 11) is 0. The van der Waals surface area contributed by atoms with E-state index in [0.717, 1.165) is 0 Å². The molecule has 106 valence electrons. The Bertz CT molecular complexity index is 732. The first-order chi connectivity index (χ1) is 10.1. The van der Waals surface area contributed by atoms with Crippen LogP contribution in [-0.2, 0) is 0 Å². The monoisotopic (exact) mass is 283 g/mol. The van der Waals surface area contributed by atoms with E-state index in [9.17, 15) is 15.0 Å². The van der Waals surface area contributed by atoms with Crippen molar-refractivity contribution >= 4 is 11.7 Å². The molecule has 6 heteroatoms. The number of amides is 1. The van der Waals surface area contributed by atoms with E-state index < -0.39 is 5.91 Å². The zero-order valence-electron chi connectivity index (χ0n) is 11.0. The number of carbonyl (C=O) groups excluding carboxylic acids is 1. The predicted molar refractivity (Wildman–Crippen MR) is 77.9 cm³/mol. The van der Waals surface area contributed by atoms with E-state index in [4.69, 9.17) is 5.73 Å². The molecule has 0 unspecified atom stereocenters. The van der Waals surface area contributed by atoms with E-state index in [1.807, 2.05) is 0 Å². The van der Waals surface area contributed by atoms with Crippen LogP contribution in [-0.4, -0.2) is 27.6 Å². The van der Waals surface area contributed by atoms with Gasteiger partial charge in [-0.1, -0.05) is 11.8 Å². The van der Waals surface area contributed by atoms with E-state index >= 15 is 0 Å². The fraction of sp³-hybridized carbons (Fsp3) is 0.0667. The van der Waals surface area contributed by atoms with Gasteiger partial charge in [0, 0.05) is 11.8 Å². The molecule has 1 aromatic carbocycles. The highest BCUT2D eigenvalue weighted by Gasteiger charge is 2.12. The number of nitrogens with two attached hydrogens (primary N) is 1. The van der Waals surface area contributed by atoms with Gasteiger partial charge in [-0.3, -0.25) is 4.79 Å². The molecule has 0 saturated heterocycles. The molecule has 1 heterocycles. The van der Waals surface area contributed by atoms with Crippen LogP contribution < -0.4 is 11.1 Å². The second-order valence-corrected chi connectivity index (χ2v) is 4.09. The minimum Gasteiger partial charge on any atom is -0.508 e. The Morgan fingerprint density at radius 3 is 2.86 bits per heavy atom. The minimum atomic E-state index is -0.583. The fourth-order valence-electron chi connectivity index (χ4n) is 1.62. The lowest BCUT2D eigenvalue weighted by atomic mass is 10.1. The maximum atomic E-state index is 12.0. The smallest absolute Gasteiger partial charge is 0.260 e. The van der Waals surface area contributed by atoms with Crippen molar-refractivity contribution in [2.24, 2.45) is 5.73 Å². The molecule has 0 aliphatic heterocycles. The summed E-state index contributed by atoms with van der Waals surface area (Å²) in [5.41, 5.74) is 5.90. The summed E-state index contributed by atoms with van der Waals surface area (Å²) in [5.74, 6) is 4.87. The van der Waals surface area contributed by atoms with E-state index in [2.05, 4.69) is 22.1 Å². The summed E-state index contributed by atoms with van der Waals surface area (Å²) in [6.07, 6.45) is 1.50. The summed E-state index contributed by atoms with van der Waals surface area (Å²) in [4.78, 5) is 16.0. The SMILES string of the molecule is NCC#Cc1ccnc(NC(=O)c2cc(O)ccc2O)c1. The second-order valence-electron chi connectivity index (χ2n) is 4.09. The van der Waals surface area contributed by atoms with Crippen LogP contribution in [0.5, 0.6) is 11.5 Å². The number of anilines is 1. The molecule has 5 N–H and O–H groups in total. The molecule has 6 nitrogen and oxygen atoms in total. The number of aromatic nitrogens is 1. The van der Waals surface area contributed by atoms with Crippen molar-refractivity contribution in [3.05, 3.63) is 47.7 Å². The molecule has 0 saturated carbocycles. The number of pyridine rings is 1. The van der Waals surface area contributed by atoms with Crippen LogP contribution in [0.1, 0.15) is 15.9 Å². The third-order valence-corrected chi connectivity index (χ3v) is 2.56. The maximum absolute atomic E-state index is 12.0. The number of phenols is 2. The van der Waals surface area contributed by atoms with Gasteiger partial charge in [0.05, 0.1) is 12.1 Å². The molecule has 1 aromatic heterocycles. The van der Waals surface area contributed by atoms with Crippen molar-refractivity contribution in [2.75, 3.05) is 11.9 Å².